The van der Waals surface area contributed by atoms with Crippen LogP contribution in [0.25, 0.3) is 0 Å². The summed E-state index contributed by atoms with van der Waals surface area (Å²) in [5.41, 5.74) is 0.120. The number of methoxy groups -OCH3 is 1. The molecule has 2 rings (SSSR count). The van der Waals surface area contributed by atoms with E-state index in [2.05, 4.69) is 5.32 Å². The van der Waals surface area contributed by atoms with Crippen molar-refractivity contribution >= 4 is 50.5 Å². The van der Waals surface area contributed by atoms with Crippen molar-refractivity contribution in [1.29, 1.82) is 0 Å². The molecule has 0 aromatic heterocycles. The molecule has 12 heteroatoms. The molecule has 0 aliphatic carbocycles. The largest absolute Gasteiger partial charge is 0.495 e. The number of non-ortho nitro benzene ring substituents is 1. The molecule has 0 heterocycles. The molecule has 0 atom stereocenters. The number of rotatable bonds is 8. The summed E-state index contributed by atoms with van der Waals surface area (Å²) in [6, 6.07) is 8.21. The zero-order valence-corrected chi connectivity index (χ0v) is 17.7. The highest BCUT2D eigenvalue weighted by Gasteiger charge is 2.26. The summed E-state index contributed by atoms with van der Waals surface area (Å²) < 4.78 is 30.4. The van der Waals surface area contributed by atoms with Crippen LogP contribution in [0.3, 0.4) is 0 Å². The van der Waals surface area contributed by atoms with Crippen molar-refractivity contribution in [3.8, 4) is 5.75 Å². The first kappa shape index (κ1) is 22.7. The summed E-state index contributed by atoms with van der Waals surface area (Å²) >= 11 is 11.9. The van der Waals surface area contributed by atoms with E-state index >= 15 is 0 Å². The minimum atomic E-state index is -3.96. The smallest absolute Gasteiger partial charge is 0.271 e. The predicted molar refractivity (Wildman–Crippen MR) is 110 cm³/mol. The fraction of sp³-hybridized carbons (Fsp3) is 0.235. The van der Waals surface area contributed by atoms with Gasteiger partial charge in [-0.3, -0.25) is 19.2 Å². The maximum atomic E-state index is 12.4. The molecule has 0 spiro atoms. The number of nitro groups is 1. The van der Waals surface area contributed by atoms with Gasteiger partial charge in [0.05, 0.1) is 18.3 Å². The highest BCUT2D eigenvalue weighted by molar-refractivity contribution is 7.92. The van der Waals surface area contributed by atoms with Crippen LogP contribution < -0.4 is 14.4 Å². The molecule has 1 N–H and O–H groups in total. The van der Waals surface area contributed by atoms with E-state index in [0.29, 0.717) is 15.6 Å². The Bertz CT molecular complexity index is 1050. The van der Waals surface area contributed by atoms with Gasteiger partial charge >= 0.3 is 0 Å². The van der Waals surface area contributed by atoms with E-state index in [1.54, 1.807) is 12.1 Å². The van der Waals surface area contributed by atoms with E-state index in [1.165, 1.54) is 25.3 Å². The maximum Gasteiger partial charge on any atom is 0.271 e. The van der Waals surface area contributed by atoms with Gasteiger partial charge in [-0.2, -0.15) is 0 Å². The third-order valence-electron chi connectivity index (χ3n) is 3.82. The third kappa shape index (κ3) is 5.96. The Hall–Kier alpha value is -2.56. The van der Waals surface area contributed by atoms with Crippen molar-refractivity contribution < 1.29 is 22.9 Å². The number of nitro benzene ring substituents is 1. The Balaban J connectivity index is 2.27. The second-order valence-electron chi connectivity index (χ2n) is 5.90. The van der Waals surface area contributed by atoms with Gasteiger partial charge in [0.25, 0.3) is 5.69 Å². The molecule has 29 heavy (non-hydrogen) atoms. The lowest BCUT2D eigenvalue weighted by atomic mass is 10.2. The lowest BCUT2D eigenvalue weighted by Gasteiger charge is -2.23. The minimum Gasteiger partial charge on any atom is -0.495 e. The van der Waals surface area contributed by atoms with Crippen LogP contribution in [0.4, 0.5) is 11.4 Å². The van der Waals surface area contributed by atoms with E-state index in [9.17, 15) is 23.3 Å². The fourth-order valence-electron chi connectivity index (χ4n) is 2.41. The molecule has 0 saturated heterocycles. The van der Waals surface area contributed by atoms with E-state index < -0.39 is 27.4 Å². The molecule has 0 fully saturated rings. The number of halogens is 2. The molecular weight excluding hydrogens is 445 g/mol. The Morgan fingerprint density at radius 1 is 1.24 bits per heavy atom. The molecule has 0 unspecified atom stereocenters. The lowest BCUT2D eigenvalue weighted by molar-refractivity contribution is -0.384. The standard InChI is InChI=1S/C17H17Cl2N3O6S/c1-28-16-6-5-13(22(24)25)8-15(16)21(29(2,26)27)10-17(23)20-9-11-3-4-12(18)7-14(11)19/h3-8H,9-10H2,1-2H3,(H,20,23). The molecule has 0 aliphatic heterocycles. The molecule has 156 valence electrons. The van der Waals surface area contributed by atoms with Gasteiger partial charge in [0.15, 0.2) is 0 Å². The van der Waals surface area contributed by atoms with Crippen molar-refractivity contribution in [1.82, 2.24) is 5.32 Å². The zero-order chi connectivity index (χ0) is 21.8. The van der Waals surface area contributed by atoms with Crippen molar-refractivity contribution in [2.45, 2.75) is 6.54 Å². The second kappa shape index (κ2) is 9.29. The Morgan fingerprint density at radius 2 is 1.93 bits per heavy atom. The quantitative estimate of drug-likeness (QED) is 0.476. The predicted octanol–water partition coefficient (Wildman–Crippen LogP) is 2.99. The van der Waals surface area contributed by atoms with Crippen LogP contribution in [0.15, 0.2) is 36.4 Å². The number of hydrogen-bond acceptors (Lipinski definition) is 6. The van der Waals surface area contributed by atoms with Crippen LogP contribution in [0.1, 0.15) is 5.56 Å². The monoisotopic (exact) mass is 461 g/mol. The van der Waals surface area contributed by atoms with Gasteiger partial charge in [0.2, 0.25) is 15.9 Å². The number of nitrogens with zero attached hydrogens (tertiary/aromatic N) is 2. The van der Waals surface area contributed by atoms with Crippen LogP contribution in [0, 0.1) is 10.1 Å². The van der Waals surface area contributed by atoms with Gasteiger partial charge in [-0.05, 0) is 23.8 Å². The summed E-state index contributed by atoms with van der Waals surface area (Å²) in [4.78, 5) is 22.8. The van der Waals surface area contributed by atoms with E-state index in [1.807, 2.05) is 0 Å². The molecule has 0 aliphatic rings. The average Bonchev–Trinajstić information content (AvgIpc) is 2.64. The van der Waals surface area contributed by atoms with Gasteiger partial charge in [-0.25, -0.2) is 8.42 Å². The summed E-state index contributed by atoms with van der Waals surface area (Å²) in [6.45, 7) is -0.569. The lowest BCUT2D eigenvalue weighted by Crippen LogP contribution is -2.40. The minimum absolute atomic E-state index is 0.0402. The summed E-state index contributed by atoms with van der Waals surface area (Å²) in [5.74, 6) is -0.579. The normalized spacial score (nSPS) is 11.0. The zero-order valence-electron chi connectivity index (χ0n) is 15.4. The number of nitrogens with one attached hydrogen (secondary N) is 1. The Kier molecular flexibility index (Phi) is 7.28. The van der Waals surface area contributed by atoms with Gasteiger partial charge in [0.1, 0.15) is 18.0 Å². The van der Waals surface area contributed by atoms with E-state index in [-0.39, 0.29) is 23.7 Å². The van der Waals surface area contributed by atoms with Gasteiger partial charge in [0, 0.05) is 28.7 Å². The molecule has 0 bridgehead atoms. The Morgan fingerprint density at radius 3 is 2.48 bits per heavy atom. The average molecular weight is 462 g/mol. The molecule has 1 amide bonds. The van der Waals surface area contributed by atoms with Crippen LogP contribution in [0.5, 0.6) is 5.75 Å². The summed E-state index contributed by atoms with van der Waals surface area (Å²) in [5, 5.41) is 14.4. The van der Waals surface area contributed by atoms with Crippen molar-refractivity contribution in [2.75, 3.05) is 24.2 Å². The molecular formula is C17H17Cl2N3O6S. The second-order valence-corrected chi connectivity index (χ2v) is 8.65. The Labute approximate surface area is 177 Å². The number of carbonyl (C=O) groups is 1. The van der Waals surface area contributed by atoms with Crippen LogP contribution in [-0.4, -0.2) is 39.2 Å². The van der Waals surface area contributed by atoms with Gasteiger partial charge in [-0.15, -0.1) is 0 Å². The van der Waals surface area contributed by atoms with Crippen molar-refractivity contribution in [2.24, 2.45) is 0 Å². The molecule has 2 aromatic rings. The van der Waals surface area contributed by atoms with E-state index in [4.69, 9.17) is 27.9 Å². The number of sulfonamides is 1. The summed E-state index contributed by atoms with van der Waals surface area (Å²) in [7, 11) is -2.67. The van der Waals surface area contributed by atoms with Crippen molar-refractivity contribution in [3.05, 3.63) is 62.1 Å². The number of benzene rings is 2. The number of amides is 1. The molecule has 9 nitrogen and oxygen atoms in total. The number of ether oxygens (including phenoxy) is 1. The highest BCUT2D eigenvalue weighted by atomic mass is 35.5. The molecule has 2 aromatic carbocycles. The van der Waals surface area contributed by atoms with Crippen LogP contribution in [0.2, 0.25) is 10.0 Å². The first-order chi connectivity index (χ1) is 13.5. The topological polar surface area (TPSA) is 119 Å². The number of carbonyl (C=O) groups excluding carboxylic acids is 1. The van der Waals surface area contributed by atoms with Gasteiger partial charge < -0.3 is 10.1 Å². The van der Waals surface area contributed by atoms with Crippen LogP contribution in [-0.2, 0) is 21.4 Å². The molecule has 0 radical (unpaired) electrons. The van der Waals surface area contributed by atoms with E-state index in [0.717, 1.165) is 16.6 Å². The van der Waals surface area contributed by atoms with Crippen molar-refractivity contribution in [3.63, 3.8) is 0 Å². The maximum absolute atomic E-state index is 12.4. The molecule has 0 saturated carbocycles. The fourth-order valence-corrected chi connectivity index (χ4v) is 3.74. The highest BCUT2D eigenvalue weighted by Crippen LogP contribution is 2.33. The first-order valence-electron chi connectivity index (χ1n) is 8.03. The SMILES string of the molecule is COc1ccc([N+](=O)[O-])cc1N(CC(=O)NCc1ccc(Cl)cc1Cl)S(C)(=O)=O. The third-order valence-corrected chi connectivity index (χ3v) is 5.53. The number of hydrogen-bond donors (Lipinski definition) is 1. The van der Waals surface area contributed by atoms with Gasteiger partial charge in [-0.1, -0.05) is 29.3 Å². The van der Waals surface area contributed by atoms with Crippen LogP contribution >= 0.6 is 23.2 Å². The summed E-state index contributed by atoms with van der Waals surface area (Å²) in [6.07, 6.45) is 0.884. The first-order valence-corrected chi connectivity index (χ1v) is 10.6. The number of anilines is 1.